The lowest BCUT2D eigenvalue weighted by atomic mass is 9.89. The van der Waals surface area contributed by atoms with Crippen LogP contribution in [0.1, 0.15) is 13.3 Å². The van der Waals surface area contributed by atoms with Gasteiger partial charge in [-0.2, -0.15) is 0 Å². The van der Waals surface area contributed by atoms with E-state index in [0.29, 0.717) is 6.42 Å². The van der Waals surface area contributed by atoms with Gasteiger partial charge in [-0.25, -0.2) is 0 Å². The second kappa shape index (κ2) is 3.37. The van der Waals surface area contributed by atoms with E-state index in [-0.39, 0.29) is 11.7 Å². The van der Waals surface area contributed by atoms with Gasteiger partial charge in [-0.1, -0.05) is 6.92 Å². The first-order chi connectivity index (χ1) is 5.64. The highest BCUT2D eigenvalue weighted by Gasteiger charge is 2.37. The highest BCUT2D eigenvalue weighted by Crippen LogP contribution is 2.30. The molecule has 1 aliphatic rings. The number of carbonyl (C=O) groups is 1. The molecule has 1 rings (SSSR count). The van der Waals surface area contributed by atoms with Crippen molar-refractivity contribution in [1.29, 1.82) is 0 Å². The number of allylic oxidation sites excluding steroid dienone is 1. The fourth-order valence-corrected chi connectivity index (χ4v) is 1.51. The van der Waals surface area contributed by atoms with Crippen molar-refractivity contribution in [2.75, 3.05) is 14.2 Å². The molecule has 0 saturated heterocycles. The summed E-state index contributed by atoms with van der Waals surface area (Å²) < 4.78 is 10.5. The lowest BCUT2D eigenvalue weighted by Gasteiger charge is -2.35. The standard InChI is InChI=1S/C9H14O3/c1-7-6-8(10)4-5-9(7,11-2)12-3/h4-5,7H,6H2,1-3H3/t7-/m1/s1. The predicted octanol–water partition coefficient (Wildman–Crippen LogP) is 1.14. The Balaban J connectivity index is 2.88. The van der Waals surface area contributed by atoms with Crippen LogP contribution in [0.15, 0.2) is 12.2 Å². The molecule has 0 N–H and O–H groups in total. The molecule has 3 nitrogen and oxygen atoms in total. The molecule has 1 aliphatic carbocycles. The van der Waals surface area contributed by atoms with Gasteiger partial charge in [0, 0.05) is 26.6 Å². The Kier molecular flexibility index (Phi) is 2.65. The van der Waals surface area contributed by atoms with Gasteiger partial charge >= 0.3 is 0 Å². The minimum Gasteiger partial charge on any atom is -0.349 e. The molecule has 0 radical (unpaired) electrons. The van der Waals surface area contributed by atoms with Gasteiger partial charge in [0.2, 0.25) is 0 Å². The van der Waals surface area contributed by atoms with E-state index in [0.717, 1.165) is 0 Å². The van der Waals surface area contributed by atoms with E-state index in [1.54, 1.807) is 20.3 Å². The second-order valence-electron chi connectivity index (χ2n) is 3.03. The summed E-state index contributed by atoms with van der Waals surface area (Å²) in [6.45, 7) is 1.94. The van der Waals surface area contributed by atoms with Crippen molar-refractivity contribution in [3.05, 3.63) is 12.2 Å². The zero-order chi connectivity index (χ0) is 9.19. The molecular weight excluding hydrogens is 156 g/mol. The van der Waals surface area contributed by atoms with E-state index in [4.69, 9.17) is 9.47 Å². The number of hydrogen-bond donors (Lipinski definition) is 0. The average Bonchev–Trinajstić information content (AvgIpc) is 2.06. The summed E-state index contributed by atoms with van der Waals surface area (Å²) >= 11 is 0. The van der Waals surface area contributed by atoms with Crippen LogP contribution in [-0.2, 0) is 14.3 Å². The van der Waals surface area contributed by atoms with Gasteiger partial charge in [-0.3, -0.25) is 4.79 Å². The van der Waals surface area contributed by atoms with E-state index in [9.17, 15) is 4.79 Å². The van der Waals surface area contributed by atoms with Crippen molar-refractivity contribution < 1.29 is 14.3 Å². The van der Waals surface area contributed by atoms with Gasteiger partial charge in [-0.05, 0) is 12.2 Å². The molecule has 0 heterocycles. The normalized spacial score (nSPS) is 27.6. The maximum atomic E-state index is 11.0. The molecule has 0 aromatic rings. The monoisotopic (exact) mass is 170 g/mol. The molecular formula is C9H14O3. The SMILES string of the molecule is COC1(OC)C=CC(=O)C[C@H]1C. The number of methoxy groups -OCH3 is 2. The molecule has 0 fully saturated rings. The number of rotatable bonds is 2. The molecule has 0 aliphatic heterocycles. The fraction of sp³-hybridized carbons (Fsp3) is 0.667. The Hall–Kier alpha value is -0.670. The van der Waals surface area contributed by atoms with Crippen molar-refractivity contribution in [2.45, 2.75) is 19.1 Å². The van der Waals surface area contributed by atoms with Crippen molar-refractivity contribution in [3.63, 3.8) is 0 Å². The molecule has 0 saturated carbocycles. The van der Waals surface area contributed by atoms with Crippen molar-refractivity contribution in [2.24, 2.45) is 5.92 Å². The molecule has 3 heteroatoms. The van der Waals surface area contributed by atoms with Crippen LogP contribution in [0.25, 0.3) is 0 Å². The summed E-state index contributed by atoms with van der Waals surface area (Å²) in [5.41, 5.74) is 0. The van der Waals surface area contributed by atoms with Crippen LogP contribution in [0.2, 0.25) is 0 Å². The highest BCUT2D eigenvalue weighted by atomic mass is 16.7. The summed E-state index contributed by atoms with van der Waals surface area (Å²) in [5, 5.41) is 0. The van der Waals surface area contributed by atoms with Gasteiger partial charge in [0.1, 0.15) is 0 Å². The topological polar surface area (TPSA) is 35.5 Å². The molecule has 0 aromatic heterocycles. The van der Waals surface area contributed by atoms with Gasteiger partial charge in [0.25, 0.3) is 0 Å². The van der Waals surface area contributed by atoms with Crippen LogP contribution < -0.4 is 0 Å². The first-order valence-electron chi connectivity index (χ1n) is 3.97. The molecule has 68 valence electrons. The van der Waals surface area contributed by atoms with Crippen molar-refractivity contribution >= 4 is 5.78 Å². The van der Waals surface area contributed by atoms with Crippen LogP contribution >= 0.6 is 0 Å². The number of ketones is 1. The minimum atomic E-state index is -0.700. The third kappa shape index (κ3) is 1.42. The second-order valence-corrected chi connectivity index (χ2v) is 3.03. The first kappa shape index (κ1) is 9.42. The number of hydrogen-bond acceptors (Lipinski definition) is 3. The molecule has 0 unspecified atom stereocenters. The summed E-state index contributed by atoms with van der Waals surface area (Å²) in [6.07, 6.45) is 3.69. The summed E-state index contributed by atoms with van der Waals surface area (Å²) in [7, 11) is 3.17. The van der Waals surface area contributed by atoms with E-state index in [1.165, 1.54) is 6.08 Å². The third-order valence-corrected chi connectivity index (χ3v) is 2.33. The highest BCUT2D eigenvalue weighted by molar-refractivity contribution is 5.91. The Bertz CT molecular complexity index is 204. The van der Waals surface area contributed by atoms with Crippen molar-refractivity contribution in [1.82, 2.24) is 0 Å². The van der Waals surface area contributed by atoms with Crippen LogP contribution in [0.4, 0.5) is 0 Å². The van der Waals surface area contributed by atoms with Gasteiger partial charge in [0.15, 0.2) is 11.6 Å². The molecule has 0 aromatic carbocycles. The third-order valence-electron chi connectivity index (χ3n) is 2.33. The van der Waals surface area contributed by atoms with E-state index < -0.39 is 5.79 Å². The van der Waals surface area contributed by atoms with Gasteiger partial charge in [-0.15, -0.1) is 0 Å². The zero-order valence-electron chi connectivity index (χ0n) is 7.66. The maximum Gasteiger partial charge on any atom is 0.190 e. The Labute approximate surface area is 72.4 Å². The molecule has 12 heavy (non-hydrogen) atoms. The smallest absolute Gasteiger partial charge is 0.190 e. The Morgan fingerprint density at radius 3 is 2.50 bits per heavy atom. The molecule has 0 bridgehead atoms. The van der Waals surface area contributed by atoms with Crippen molar-refractivity contribution in [3.8, 4) is 0 Å². The van der Waals surface area contributed by atoms with E-state index >= 15 is 0 Å². The Morgan fingerprint density at radius 2 is 2.08 bits per heavy atom. The predicted molar refractivity (Wildman–Crippen MR) is 44.7 cm³/mol. The summed E-state index contributed by atoms with van der Waals surface area (Å²) in [5.74, 6) is -0.495. The zero-order valence-corrected chi connectivity index (χ0v) is 7.66. The van der Waals surface area contributed by atoms with Crippen LogP contribution in [0.3, 0.4) is 0 Å². The summed E-state index contributed by atoms with van der Waals surface area (Å²) in [6, 6.07) is 0. The molecule has 0 spiro atoms. The Morgan fingerprint density at radius 1 is 1.50 bits per heavy atom. The number of carbonyl (C=O) groups excluding carboxylic acids is 1. The van der Waals surface area contributed by atoms with Crippen LogP contribution in [0.5, 0.6) is 0 Å². The average molecular weight is 170 g/mol. The fourth-order valence-electron chi connectivity index (χ4n) is 1.51. The lowest BCUT2D eigenvalue weighted by molar-refractivity contribution is -0.204. The first-order valence-corrected chi connectivity index (χ1v) is 3.97. The molecule has 1 atom stereocenters. The lowest BCUT2D eigenvalue weighted by Crippen LogP contribution is -2.41. The quantitative estimate of drug-likeness (QED) is 0.583. The summed E-state index contributed by atoms with van der Waals surface area (Å²) in [4.78, 5) is 11.0. The van der Waals surface area contributed by atoms with Crippen LogP contribution in [-0.4, -0.2) is 25.8 Å². The van der Waals surface area contributed by atoms with E-state index in [1.807, 2.05) is 6.92 Å². The number of ether oxygens (including phenoxy) is 2. The van der Waals surface area contributed by atoms with Crippen LogP contribution in [0, 0.1) is 5.92 Å². The maximum absolute atomic E-state index is 11.0. The largest absolute Gasteiger partial charge is 0.349 e. The molecule has 0 amide bonds. The van der Waals surface area contributed by atoms with E-state index in [2.05, 4.69) is 0 Å². The minimum absolute atomic E-state index is 0.0741. The van der Waals surface area contributed by atoms with Gasteiger partial charge in [0.05, 0.1) is 0 Å². The van der Waals surface area contributed by atoms with Gasteiger partial charge < -0.3 is 9.47 Å².